The number of anilines is 1. The van der Waals surface area contributed by atoms with Gasteiger partial charge in [0.1, 0.15) is 5.75 Å². The van der Waals surface area contributed by atoms with Gasteiger partial charge in [0.25, 0.3) is 0 Å². The molecule has 1 aromatic heterocycles. The van der Waals surface area contributed by atoms with Gasteiger partial charge in [-0.1, -0.05) is 6.92 Å². The van der Waals surface area contributed by atoms with Gasteiger partial charge in [-0.25, -0.2) is 0 Å². The normalized spacial score (nSPS) is 11.4. The smallest absolute Gasteiger partial charge is 0.406 e. The zero-order chi connectivity index (χ0) is 15.3. The number of alkyl halides is 3. The summed E-state index contributed by atoms with van der Waals surface area (Å²) < 4.78 is 41.8. The highest BCUT2D eigenvalue weighted by atomic mass is 19.4. The molecular formula is C14H16F3N3O. The maximum absolute atomic E-state index is 12.0. The molecule has 0 radical (unpaired) electrons. The number of hydrogen-bond acceptors (Lipinski definition) is 3. The lowest BCUT2D eigenvalue weighted by Gasteiger charge is -2.11. The van der Waals surface area contributed by atoms with Gasteiger partial charge in [-0.15, -0.1) is 13.2 Å². The van der Waals surface area contributed by atoms with E-state index in [1.54, 1.807) is 18.3 Å². The van der Waals surface area contributed by atoms with Crippen molar-refractivity contribution in [1.82, 2.24) is 9.78 Å². The van der Waals surface area contributed by atoms with E-state index in [2.05, 4.69) is 22.1 Å². The average molecular weight is 299 g/mol. The number of nitrogens with one attached hydrogen (secondary N) is 1. The molecule has 1 aromatic carbocycles. The van der Waals surface area contributed by atoms with Crippen LogP contribution in [0.4, 0.5) is 18.9 Å². The van der Waals surface area contributed by atoms with Crippen LogP contribution in [0.1, 0.15) is 19.0 Å². The third kappa shape index (κ3) is 4.70. The monoisotopic (exact) mass is 299 g/mol. The molecule has 21 heavy (non-hydrogen) atoms. The molecule has 0 aliphatic rings. The molecule has 114 valence electrons. The molecule has 0 bridgehead atoms. The van der Waals surface area contributed by atoms with E-state index < -0.39 is 6.36 Å². The molecule has 0 fully saturated rings. The molecule has 0 saturated heterocycles. The fourth-order valence-electron chi connectivity index (χ4n) is 1.89. The first-order valence-corrected chi connectivity index (χ1v) is 6.58. The van der Waals surface area contributed by atoms with Crippen molar-refractivity contribution >= 4 is 5.69 Å². The summed E-state index contributed by atoms with van der Waals surface area (Å²) in [7, 11) is 0. The van der Waals surface area contributed by atoms with Gasteiger partial charge < -0.3 is 10.1 Å². The number of halogens is 3. The van der Waals surface area contributed by atoms with Crippen molar-refractivity contribution in [3.8, 4) is 5.75 Å². The number of ether oxygens (including phenoxy) is 1. The van der Waals surface area contributed by atoms with Crippen molar-refractivity contribution in [1.29, 1.82) is 0 Å². The molecule has 0 aliphatic carbocycles. The van der Waals surface area contributed by atoms with E-state index in [-0.39, 0.29) is 5.75 Å². The van der Waals surface area contributed by atoms with Crippen molar-refractivity contribution in [3.63, 3.8) is 0 Å². The summed E-state index contributed by atoms with van der Waals surface area (Å²) in [6.07, 6.45) is -1.95. The fourth-order valence-corrected chi connectivity index (χ4v) is 1.89. The topological polar surface area (TPSA) is 39.1 Å². The number of aryl methyl sites for hydroxylation is 1. The first kappa shape index (κ1) is 15.2. The molecule has 0 aliphatic heterocycles. The molecule has 7 heteroatoms. The van der Waals surface area contributed by atoms with E-state index >= 15 is 0 Å². The average Bonchev–Trinajstić information content (AvgIpc) is 2.84. The number of benzene rings is 1. The Morgan fingerprint density at radius 3 is 2.52 bits per heavy atom. The molecule has 0 unspecified atom stereocenters. The SMILES string of the molecule is CCCn1nccc1CNc1ccc(OC(F)(F)F)cc1. The summed E-state index contributed by atoms with van der Waals surface area (Å²) in [4.78, 5) is 0. The van der Waals surface area contributed by atoms with Gasteiger partial charge in [0.15, 0.2) is 0 Å². The Balaban J connectivity index is 1.93. The predicted molar refractivity (Wildman–Crippen MR) is 73.0 cm³/mol. The molecule has 4 nitrogen and oxygen atoms in total. The predicted octanol–water partition coefficient (Wildman–Crippen LogP) is 3.80. The molecular weight excluding hydrogens is 283 g/mol. The van der Waals surface area contributed by atoms with E-state index in [0.29, 0.717) is 12.2 Å². The molecule has 2 aromatic rings. The van der Waals surface area contributed by atoms with Crippen LogP contribution in [0.3, 0.4) is 0 Å². The van der Waals surface area contributed by atoms with E-state index in [0.717, 1.165) is 18.7 Å². The largest absolute Gasteiger partial charge is 0.573 e. The molecule has 0 atom stereocenters. The Hall–Kier alpha value is -2.18. The van der Waals surface area contributed by atoms with Crippen molar-refractivity contribution in [2.24, 2.45) is 0 Å². The maximum Gasteiger partial charge on any atom is 0.573 e. The van der Waals surface area contributed by atoms with Crippen LogP contribution in [0, 0.1) is 0 Å². The Labute approximate surface area is 120 Å². The van der Waals surface area contributed by atoms with Crippen LogP contribution in [0.25, 0.3) is 0 Å². The van der Waals surface area contributed by atoms with E-state index in [1.165, 1.54) is 12.1 Å². The second-order valence-corrected chi connectivity index (χ2v) is 4.47. The summed E-state index contributed by atoms with van der Waals surface area (Å²) in [5, 5.41) is 7.34. The van der Waals surface area contributed by atoms with E-state index in [4.69, 9.17) is 0 Å². The zero-order valence-electron chi connectivity index (χ0n) is 11.5. The highest BCUT2D eigenvalue weighted by molar-refractivity contribution is 5.46. The fraction of sp³-hybridized carbons (Fsp3) is 0.357. The van der Waals surface area contributed by atoms with Crippen LogP contribution in [-0.4, -0.2) is 16.1 Å². The molecule has 0 spiro atoms. The summed E-state index contributed by atoms with van der Waals surface area (Å²) >= 11 is 0. The number of aromatic nitrogens is 2. The van der Waals surface area contributed by atoms with E-state index in [9.17, 15) is 13.2 Å². The van der Waals surface area contributed by atoms with Crippen LogP contribution < -0.4 is 10.1 Å². The van der Waals surface area contributed by atoms with Crippen molar-refractivity contribution in [2.45, 2.75) is 32.8 Å². The van der Waals surface area contributed by atoms with Gasteiger partial charge in [-0.2, -0.15) is 5.10 Å². The Kier molecular flexibility index (Phi) is 4.72. The molecule has 1 N–H and O–H groups in total. The zero-order valence-corrected chi connectivity index (χ0v) is 11.5. The summed E-state index contributed by atoms with van der Waals surface area (Å²) in [5.41, 5.74) is 1.74. The quantitative estimate of drug-likeness (QED) is 0.881. The third-order valence-electron chi connectivity index (χ3n) is 2.80. The standard InChI is InChI=1S/C14H16F3N3O/c1-2-9-20-12(7-8-19-20)10-18-11-3-5-13(6-4-11)21-14(15,16)17/h3-8,18H,2,9-10H2,1H3. The summed E-state index contributed by atoms with van der Waals surface area (Å²) in [5.74, 6) is -0.232. The van der Waals surface area contributed by atoms with Gasteiger partial charge >= 0.3 is 6.36 Å². The Morgan fingerprint density at radius 2 is 1.90 bits per heavy atom. The lowest BCUT2D eigenvalue weighted by Crippen LogP contribution is -2.17. The van der Waals surface area contributed by atoms with Crippen molar-refractivity contribution < 1.29 is 17.9 Å². The minimum Gasteiger partial charge on any atom is -0.406 e. The number of nitrogens with zero attached hydrogens (tertiary/aromatic N) is 2. The Bertz CT molecular complexity index is 564. The van der Waals surface area contributed by atoms with Crippen LogP contribution in [0.2, 0.25) is 0 Å². The minimum absolute atomic E-state index is 0.232. The first-order valence-electron chi connectivity index (χ1n) is 6.58. The van der Waals surface area contributed by atoms with Crippen molar-refractivity contribution in [2.75, 3.05) is 5.32 Å². The van der Waals surface area contributed by atoms with Gasteiger partial charge in [0, 0.05) is 18.4 Å². The Morgan fingerprint density at radius 1 is 1.19 bits per heavy atom. The second kappa shape index (κ2) is 6.51. The van der Waals surface area contributed by atoms with Crippen molar-refractivity contribution in [3.05, 3.63) is 42.2 Å². The van der Waals surface area contributed by atoms with Gasteiger partial charge in [-0.3, -0.25) is 4.68 Å². The molecule has 0 saturated carbocycles. The first-order chi connectivity index (χ1) is 9.98. The number of rotatable bonds is 6. The van der Waals surface area contributed by atoms with E-state index in [1.807, 2.05) is 10.7 Å². The summed E-state index contributed by atoms with van der Waals surface area (Å²) in [6.45, 7) is 3.46. The highest BCUT2D eigenvalue weighted by Gasteiger charge is 2.30. The van der Waals surface area contributed by atoms with Crippen LogP contribution >= 0.6 is 0 Å². The maximum atomic E-state index is 12.0. The molecule has 0 amide bonds. The van der Waals surface area contributed by atoms with Gasteiger partial charge in [0.05, 0.1) is 12.2 Å². The highest BCUT2D eigenvalue weighted by Crippen LogP contribution is 2.24. The molecule has 1 heterocycles. The third-order valence-corrected chi connectivity index (χ3v) is 2.80. The lowest BCUT2D eigenvalue weighted by molar-refractivity contribution is -0.274. The van der Waals surface area contributed by atoms with Crippen LogP contribution in [0.15, 0.2) is 36.5 Å². The second-order valence-electron chi connectivity index (χ2n) is 4.47. The number of hydrogen-bond donors (Lipinski definition) is 1. The van der Waals surface area contributed by atoms with Gasteiger partial charge in [-0.05, 0) is 36.8 Å². The van der Waals surface area contributed by atoms with Gasteiger partial charge in [0.2, 0.25) is 0 Å². The molecule has 2 rings (SSSR count). The lowest BCUT2D eigenvalue weighted by atomic mass is 10.3. The minimum atomic E-state index is -4.67. The van der Waals surface area contributed by atoms with Crippen LogP contribution in [0.5, 0.6) is 5.75 Å². The summed E-state index contributed by atoms with van der Waals surface area (Å²) in [6, 6.07) is 7.55. The van der Waals surface area contributed by atoms with Crippen LogP contribution in [-0.2, 0) is 13.1 Å².